The molecule has 192 valence electrons. The summed E-state index contributed by atoms with van der Waals surface area (Å²) in [7, 11) is -3.82. The van der Waals surface area contributed by atoms with Gasteiger partial charge in [0.15, 0.2) is 0 Å². The second-order valence-electron chi connectivity index (χ2n) is 8.66. The van der Waals surface area contributed by atoms with Crippen LogP contribution in [0.4, 0.5) is 17.1 Å². The highest BCUT2D eigenvalue weighted by molar-refractivity contribution is 7.92. The number of carbonyl (C=O) groups is 1. The number of rotatable bonds is 8. The van der Waals surface area contributed by atoms with Crippen LogP contribution in [0.5, 0.6) is 0 Å². The Hall–Kier alpha value is -4.76. The summed E-state index contributed by atoms with van der Waals surface area (Å²) in [6.07, 6.45) is 1.64. The molecule has 0 radical (unpaired) electrons. The largest absolute Gasteiger partial charge is 0.322 e. The van der Waals surface area contributed by atoms with E-state index in [9.17, 15) is 23.3 Å². The van der Waals surface area contributed by atoms with Crippen molar-refractivity contribution in [2.24, 2.45) is 0 Å². The number of benzene rings is 4. The fraction of sp³-hybridized carbons (Fsp3) is 0.0690. The van der Waals surface area contributed by atoms with Crippen LogP contribution in [0, 0.1) is 24.0 Å². The van der Waals surface area contributed by atoms with Gasteiger partial charge >= 0.3 is 0 Å². The monoisotopic (exact) mass is 527 g/mol. The van der Waals surface area contributed by atoms with E-state index in [0.29, 0.717) is 28.1 Å². The van der Waals surface area contributed by atoms with Crippen LogP contribution in [-0.2, 0) is 14.8 Å². The van der Waals surface area contributed by atoms with Crippen LogP contribution in [0.25, 0.3) is 11.6 Å². The first-order valence-corrected chi connectivity index (χ1v) is 13.1. The van der Waals surface area contributed by atoms with Gasteiger partial charge in [-0.3, -0.25) is 19.6 Å². The maximum atomic E-state index is 13.3. The zero-order chi connectivity index (χ0) is 27.3. The Labute approximate surface area is 220 Å². The molecule has 0 saturated carbocycles. The zero-order valence-corrected chi connectivity index (χ0v) is 21.5. The van der Waals surface area contributed by atoms with Gasteiger partial charge in [0.1, 0.15) is 0 Å². The topological polar surface area (TPSA) is 118 Å². The number of sulfonamides is 1. The van der Waals surface area contributed by atoms with Crippen LogP contribution in [0.3, 0.4) is 0 Å². The molecule has 0 aliphatic heterocycles. The second kappa shape index (κ2) is 11.1. The summed E-state index contributed by atoms with van der Waals surface area (Å²) >= 11 is 0. The summed E-state index contributed by atoms with van der Waals surface area (Å²) in [6, 6.07) is 26.1. The number of amides is 1. The van der Waals surface area contributed by atoms with E-state index in [-0.39, 0.29) is 10.6 Å². The molecule has 38 heavy (non-hydrogen) atoms. The molecule has 8 nitrogen and oxygen atoms in total. The minimum Gasteiger partial charge on any atom is -0.322 e. The van der Waals surface area contributed by atoms with Gasteiger partial charge in [0.2, 0.25) is 0 Å². The van der Waals surface area contributed by atoms with E-state index in [4.69, 9.17) is 0 Å². The maximum absolute atomic E-state index is 13.3. The lowest BCUT2D eigenvalue weighted by molar-refractivity contribution is -0.384. The molecule has 0 atom stereocenters. The van der Waals surface area contributed by atoms with Crippen molar-refractivity contribution in [1.29, 1.82) is 0 Å². The molecule has 0 saturated heterocycles. The van der Waals surface area contributed by atoms with Crippen LogP contribution >= 0.6 is 0 Å². The normalized spacial score (nSPS) is 11.6. The van der Waals surface area contributed by atoms with Gasteiger partial charge in [-0.1, -0.05) is 36.4 Å². The first-order chi connectivity index (χ1) is 18.1. The SMILES string of the molecule is Cc1ccc(NS(=O)(=O)c2ccc(NC(=O)/C(=C/c3ccc([N+](=O)[O-])cc3)c3ccccc3)cc2)cc1C. The Morgan fingerprint density at radius 2 is 1.45 bits per heavy atom. The summed E-state index contributed by atoms with van der Waals surface area (Å²) in [5, 5.41) is 13.8. The number of non-ortho nitro benzene ring substituents is 1. The molecule has 0 bridgehead atoms. The predicted molar refractivity (Wildman–Crippen MR) is 149 cm³/mol. The molecule has 2 N–H and O–H groups in total. The van der Waals surface area contributed by atoms with Crippen molar-refractivity contribution in [1.82, 2.24) is 0 Å². The molecule has 1 amide bonds. The van der Waals surface area contributed by atoms with Crippen LogP contribution in [0.1, 0.15) is 22.3 Å². The van der Waals surface area contributed by atoms with Crippen molar-refractivity contribution in [2.45, 2.75) is 18.7 Å². The molecule has 9 heteroatoms. The number of nitro groups is 1. The number of aryl methyl sites for hydroxylation is 2. The molecule has 4 aromatic rings. The van der Waals surface area contributed by atoms with E-state index in [1.807, 2.05) is 26.0 Å². The van der Waals surface area contributed by atoms with Gasteiger partial charge in [-0.2, -0.15) is 0 Å². The van der Waals surface area contributed by atoms with Gasteiger partial charge in [0.25, 0.3) is 21.6 Å². The van der Waals surface area contributed by atoms with Crippen molar-refractivity contribution in [3.05, 3.63) is 129 Å². The highest BCUT2D eigenvalue weighted by Crippen LogP contribution is 2.24. The summed E-state index contributed by atoms with van der Waals surface area (Å²) in [4.78, 5) is 23.8. The fourth-order valence-corrected chi connectivity index (χ4v) is 4.74. The Kier molecular flexibility index (Phi) is 7.68. The molecule has 4 rings (SSSR count). The number of nitrogens with zero attached hydrogens (tertiary/aromatic N) is 1. The number of carbonyl (C=O) groups excluding carboxylic acids is 1. The van der Waals surface area contributed by atoms with Crippen molar-refractivity contribution in [3.63, 3.8) is 0 Å². The van der Waals surface area contributed by atoms with Gasteiger partial charge in [-0.25, -0.2) is 8.42 Å². The van der Waals surface area contributed by atoms with E-state index >= 15 is 0 Å². The molecule has 0 aliphatic carbocycles. The Bertz CT molecular complexity index is 1610. The van der Waals surface area contributed by atoms with Gasteiger partial charge < -0.3 is 5.32 Å². The van der Waals surface area contributed by atoms with Crippen LogP contribution in [0.15, 0.2) is 102 Å². The van der Waals surface area contributed by atoms with E-state index in [1.54, 1.807) is 54.6 Å². The van der Waals surface area contributed by atoms with Crippen molar-refractivity contribution < 1.29 is 18.1 Å². The quantitative estimate of drug-likeness (QED) is 0.123. The summed E-state index contributed by atoms with van der Waals surface area (Å²) in [5.74, 6) is -0.418. The van der Waals surface area contributed by atoms with Crippen molar-refractivity contribution in [3.8, 4) is 0 Å². The lowest BCUT2D eigenvalue weighted by Crippen LogP contribution is -2.15. The van der Waals surface area contributed by atoms with Crippen LogP contribution in [-0.4, -0.2) is 19.2 Å². The van der Waals surface area contributed by atoms with Gasteiger partial charge in [-0.05, 0) is 90.7 Å². The number of anilines is 2. The van der Waals surface area contributed by atoms with E-state index in [2.05, 4.69) is 10.0 Å². The first-order valence-electron chi connectivity index (χ1n) is 11.7. The second-order valence-corrected chi connectivity index (χ2v) is 10.3. The third-order valence-corrected chi connectivity index (χ3v) is 7.32. The standard InChI is InChI=1S/C29H25N3O5S/c1-20-8-11-25(18-21(20)2)31-38(36,37)27-16-12-24(13-17-27)30-29(33)28(23-6-4-3-5-7-23)19-22-9-14-26(15-10-22)32(34)35/h3-19,31H,1-2H3,(H,30,33)/b28-19+. The molecule has 0 aromatic heterocycles. The van der Waals surface area contributed by atoms with Gasteiger partial charge in [0, 0.05) is 29.1 Å². The van der Waals surface area contributed by atoms with Crippen molar-refractivity contribution >= 4 is 44.6 Å². The highest BCUT2D eigenvalue weighted by atomic mass is 32.2. The van der Waals surface area contributed by atoms with Crippen LogP contribution in [0.2, 0.25) is 0 Å². The number of nitro benzene ring substituents is 1. The Morgan fingerprint density at radius 3 is 2.05 bits per heavy atom. The molecule has 0 heterocycles. The zero-order valence-electron chi connectivity index (χ0n) is 20.7. The number of hydrogen-bond acceptors (Lipinski definition) is 5. The first kappa shape index (κ1) is 26.3. The molecule has 0 fully saturated rings. The van der Waals surface area contributed by atoms with Gasteiger partial charge in [0.05, 0.1) is 9.82 Å². The van der Waals surface area contributed by atoms with Gasteiger partial charge in [-0.15, -0.1) is 0 Å². The average molecular weight is 528 g/mol. The van der Waals surface area contributed by atoms with Crippen LogP contribution < -0.4 is 10.0 Å². The maximum Gasteiger partial charge on any atom is 0.269 e. The third-order valence-electron chi connectivity index (χ3n) is 5.93. The third kappa shape index (κ3) is 6.32. The summed E-state index contributed by atoms with van der Waals surface area (Å²) in [6.45, 7) is 3.86. The average Bonchev–Trinajstić information content (AvgIpc) is 2.90. The molecule has 4 aromatic carbocycles. The highest BCUT2D eigenvalue weighted by Gasteiger charge is 2.17. The molecule has 0 aliphatic rings. The summed E-state index contributed by atoms with van der Waals surface area (Å²) < 4.78 is 28.3. The molecule has 0 unspecified atom stereocenters. The number of nitrogens with one attached hydrogen (secondary N) is 2. The van der Waals surface area contributed by atoms with E-state index < -0.39 is 20.9 Å². The lowest BCUT2D eigenvalue weighted by Gasteiger charge is -2.12. The minimum absolute atomic E-state index is 0.0464. The molecular weight excluding hydrogens is 502 g/mol. The van der Waals surface area contributed by atoms with E-state index in [0.717, 1.165) is 11.1 Å². The number of hydrogen-bond donors (Lipinski definition) is 2. The molecule has 0 spiro atoms. The van der Waals surface area contributed by atoms with Crippen molar-refractivity contribution in [2.75, 3.05) is 10.0 Å². The lowest BCUT2D eigenvalue weighted by atomic mass is 10.0. The smallest absolute Gasteiger partial charge is 0.269 e. The molecular formula is C29H25N3O5S. The fourth-order valence-electron chi connectivity index (χ4n) is 3.69. The Morgan fingerprint density at radius 1 is 0.816 bits per heavy atom. The summed E-state index contributed by atoms with van der Waals surface area (Å²) in [5.41, 5.74) is 4.47. The minimum atomic E-state index is -3.82. The Balaban J connectivity index is 1.55. The predicted octanol–water partition coefficient (Wildman–Crippen LogP) is 6.19. The van der Waals surface area contributed by atoms with E-state index in [1.165, 1.54) is 36.4 Å².